The van der Waals surface area contributed by atoms with Crippen LogP contribution in [0.5, 0.6) is 0 Å². The van der Waals surface area contributed by atoms with Crippen LogP contribution in [0.2, 0.25) is 0 Å². The number of nitrogens with one attached hydrogen (secondary N) is 2. The number of hydrogen-bond acceptors (Lipinski definition) is 4. The molecule has 5 heteroatoms. The molecule has 0 fully saturated rings. The Morgan fingerprint density at radius 1 is 1.42 bits per heavy atom. The lowest BCUT2D eigenvalue weighted by atomic mass is 10.2. The summed E-state index contributed by atoms with van der Waals surface area (Å²) in [6, 6.07) is 0. The molecular formula is C7H16N2O3. The lowest BCUT2D eigenvalue weighted by Gasteiger charge is -2.10. The van der Waals surface area contributed by atoms with Crippen molar-refractivity contribution in [3.63, 3.8) is 0 Å². The van der Waals surface area contributed by atoms with E-state index in [9.17, 15) is 4.79 Å². The molecule has 0 aromatic rings. The van der Waals surface area contributed by atoms with Crippen LogP contribution in [-0.4, -0.2) is 35.4 Å². The second-order valence-electron chi connectivity index (χ2n) is 3.04. The maximum absolute atomic E-state index is 10.5. The van der Waals surface area contributed by atoms with Gasteiger partial charge in [0.05, 0.1) is 0 Å². The first kappa shape index (κ1) is 11.4. The Hall–Kier alpha value is -0.650. The summed E-state index contributed by atoms with van der Waals surface area (Å²) < 4.78 is 0. The number of aliphatic hydroxyl groups excluding tert-OH is 1. The van der Waals surface area contributed by atoms with Crippen LogP contribution in [-0.2, 0) is 4.79 Å². The van der Waals surface area contributed by atoms with Crippen molar-refractivity contribution in [3.05, 3.63) is 0 Å². The van der Waals surface area contributed by atoms with Crippen LogP contribution in [0.3, 0.4) is 0 Å². The van der Waals surface area contributed by atoms with Gasteiger partial charge in [0.1, 0.15) is 6.10 Å². The van der Waals surface area contributed by atoms with Crippen LogP contribution in [0, 0.1) is 5.92 Å². The van der Waals surface area contributed by atoms with Crippen molar-refractivity contribution < 1.29 is 15.1 Å². The molecule has 0 aliphatic rings. The molecule has 0 spiro atoms. The first-order chi connectivity index (χ1) is 5.57. The van der Waals surface area contributed by atoms with Crippen LogP contribution in [0.15, 0.2) is 0 Å². The summed E-state index contributed by atoms with van der Waals surface area (Å²) >= 11 is 0. The van der Waals surface area contributed by atoms with Crippen molar-refractivity contribution >= 4 is 5.91 Å². The largest absolute Gasteiger partial charge is 0.382 e. The van der Waals surface area contributed by atoms with Crippen LogP contribution in [0.25, 0.3) is 0 Å². The average molecular weight is 176 g/mol. The topological polar surface area (TPSA) is 81.6 Å². The quantitative estimate of drug-likeness (QED) is 0.323. The van der Waals surface area contributed by atoms with E-state index in [1.54, 1.807) is 0 Å². The Morgan fingerprint density at radius 2 is 2.00 bits per heavy atom. The Morgan fingerprint density at radius 3 is 2.42 bits per heavy atom. The second-order valence-corrected chi connectivity index (χ2v) is 3.04. The molecule has 0 heterocycles. The zero-order valence-corrected chi connectivity index (χ0v) is 7.37. The van der Waals surface area contributed by atoms with Gasteiger partial charge in [0.15, 0.2) is 0 Å². The number of carbonyl (C=O) groups excluding carboxylic acids is 1. The molecule has 5 nitrogen and oxygen atoms in total. The van der Waals surface area contributed by atoms with Gasteiger partial charge in [0.25, 0.3) is 5.91 Å². The molecule has 72 valence electrons. The molecule has 0 saturated carbocycles. The third-order valence-electron chi connectivity index (χ3n) is 1.30. The third-order valence-corrected chi connectivity index (χ3v) is 1.30. The maximum atomic E-state index is 10.5. The van der Waals surface area contributed by atoms with Crippen molar-refractivity contribution in [1.29, 1.82) is 0 Å². The van der Waals surface area contributed by atoms with E-state index >= 15 is 0 Å². The summed E-state index contributed by atoms with van der Waals surface area (Å²) in [5.41, 5.74) is 1.37. The Kier molecular flexibility index (Phi) is 5.61. The standard InChI is InChI=1S/C7H16N2O3/c1-5(2)3-8-4-6(10)7(11)9-12/h5-6,8,10,12H,3-4H2,1-2H3,(H,9,11)/t6-/m0/s1. The van der Waals surface area contributed by atoms with Crippen molar-refractivity contribution in [2.45, 2.75) is 20.0 Å². The monoisotopic (exact) mass is 176 g/mol. The van der Waals surface area contributed by atoms with Crippen molar-refractivity contribution in [1.82, 2.24) is 10.8 Å². The van der Waals surface area contributed by atoms with Gasteiger partial charge in [0, 0.05) is 6.54 Å². The third kappa shape index (κ3) is 5.06. The minimum atomic E-state index is -1.19. The average Bonchev–Trinajstić information content (AvgIpc) is 2.02. The minimum absolute atomic E-state index is 0.157. The van der Waals surface area contributed by atoms with E-state index in [0.717, 1.165) is 6.54 Å². The zero-order valence-electron chi connectivity index (χ0n) is 7.37. The smallest absolute Gasteiger partial charge is 0.273 e. The molecule has 1 amide bonds. The van der Waals surface area contributed by atoms with Crippen LogP contribution in [0.1, 0.15) is 13.8 Å². The first-order valence-corrected chi connectivity index (χ1v) is 3.90. The van der Waals surface area contributed by atoms with Gasteiger partial charge in [-0.2, -0.15) is 0 Å². The number of aliphatic hydroxyl groups is 1. The van der Waals surface area contributed by atoms with Crippen LogP contribution in [0.4, 0.5) is 0 Å². The molecule has 4 N–H and O–H groups in total. The lowest BCUT2D eigenvalue weighted by molar-refractivity contribution is -0.137. The van der Waals surface area contributed by atoms with Crippen LogP contribution >= 0.6 is 0 Å². The summed E-state index contributed by atoms with van der Waals surface area (Å²) in [7, 11) is 0. The molecule has 0 saturated heterocycles. The highest BCUT2D eigenvalue weighted by atomic mass is 16.5. The molecule has 0 unspecified atom stereocenters. The molecule has 0 bridgehead atoms. The fourth-order valence-corrected chi connectivity index (χ4v) is 0.676. The normalized spacial score (nSPS) is 13.1. The first-order valence-electron chi connectivity index (χ1n) is 3.90. The SMILES string of the molecule is CC(C)CNC[C@H](O)C(=O)NO. The van der Waals surface area contributed by atoms with Gasteiger partial charge in [-0.25, -0.2) is 5.48 Å². The molecule has 1 atom stereocenters. The van der Waals surface area contributed by atoms with E-state index in [4.69, 9.17) is 10.3 Å². The number of amides is 1. The number of carbonyl (C=O) groups is 1. The van der Waals surface area contributed by atoms with Crippen molar-refractivity contribution in [2.24, 2.45) is 5.92 Å². The Bertz CT molecular complexity index is 139. The van der Waals surface area contributed by atoms with E-state index in [1.165, 1.54) is 5.48 Å². The Balaban J connectivity index is 3.43. The second kappa shape index (κ2) is 5.93. The highest BCUT2D eigenvalue weighted by Crippen LogP contribution is 1.87. The van der Waals surface area contributed by atoms with E-state index in [0.29, 0.717) is 5.92 Å². The molecular weight excluding hydrogens is 160 g/mol. The molecule has 0 rings (SSSR count). The van der Waals surface area contributed by atoms with E-state index < -0.39 is 12.0 Å². The molecule has 12 heavy (non-hydrogen) atoms. The van der Waals surface area contributed by atoms with Gasteiger partial charge in [0.2, 0.25) is 0 Å². The van der Waals surface area contributed by atoms with Crippen molar-refractivity contribution in [2.75, 3.05) is 13.1 Å². The molecule has 0 radical (unpaired) electrons. The lowest BCUT2D eigenvalue weighted by Crippen LogP contribution is -2.40. The summed E-state index contributed by atoms with van der Waals surface area (Å²) in [6.45, 7) is 4.93. The fourth-order valence-electron chi connectivity index (χ4n) is 0.676. The van der Waals surface area contributed by atoms with Gasteiger partial charge in [-0.1, -0.05) is 13.8 Å². The van der Waals surface area contributed by atoms with E-state index in [-0.39, 0.29) is 6.54 Å². The highest BCUT2D eigenvalue weighted by molar-refractivity contribution is 5.79. The van der Waals surface area contributed by atoms with Gasteiger partial charge in [-0.05, 0) is 12.5 Å². The minimum Gasteiger partial charge on any atom is -0.382 e. The summed E-state index contributed by atoms with van der Waals surface area (Å²) in [4.78, 5) is 10.5. The number of hydrogen-bond donors (Lipinski definition) is 4. The molecule has 0 aliphatic heterocycles. The zero-order chi connectivity index (χ0) is 9.56. The van der Waals surface area contributed by atoms with Crippen LogP contribution < -0.4 is 10.8 Å². The number of rotatable bonds is 5. The molecule has 0 aliphatic carbocycles. The predicted molar refractivity (Wildman–Crippen MR) is 43.6 cm³/mol. The molecule has 0 aromatic carbocycles. The predicted octanol–water partition coefficient (Wildman–Crippen LogP) is -0.902. The fraction of sp³-hybridized carbons (Fsp3) is 0.857. The van der Waals surface area contributed by atoms with E-state index in [1.807, 2.05) is 13.8 Å². The van der Waals surface area contributed by atoms with Gasteiger partial charge < -0.3 is 10.4 Å². The summed E-state index contributed by atoms with van der Waals surface area (Å²) in [6.07, 6.45) is -1.19. The van der Waals surface area contributed by atoms with Gasteiger partial charge in [-0.3, -0.25) is 10.0 Å². The summed E-state index contributed by atoms with van der Waals surface area (Å²) in [5.74, 6) is -0.319. The number of hydroxylamine groups is 1. The molecule has 0 aromatic heterocycles. The maximum Gasteiger partial charge on any atom is 0.273 e. The van der Waals surface area contributed by atoms with Gasteiger partial charge in [-0.15, -0.1) is 0 Å². The van der Waals surface area contributed by atoms with Crippen molar-refractivity contribution in [3.8, 4) is 0 Å². The highest BCUT2D eigenvalue weighted by Gasteiger charge is 2.12. The Labute approximate surface area is 71.7 Å². The van der Waals surface area contributed by atoms with E-state index in [2.05, 4.69) is 5.32 Å². The van der Waals surface area contributed by atoms with Gasteiger partial charge >= 0.3 is 0 Å². The summed E-state index contributed by atoms with van der Waals surface area (Å²) in [5, 5.41) is 20.0.